The molecule has 0 bridgehead atoms. The monoisotopic (exact) mass is 438 g/mol. The maximum absolute atomic E-state index is 13.2. The Bertz CT molecular complexity index is 1470. The van der Waals surface area contributed by atoms with Gasteiger partial charge in [0.2, 0.25) is 0 Å². The van der Waals surface area contributed by atoms with E-state index in [1.54, 1.807) is 0 Å². The van der Waals surface area contributed by atoms with Crippen molar-refractivity contribution in [3.63, 3.8) is 0 Å². The Morgan fingerprint density at radius 2 is 1.45 bits per heavy atom. The lowest BCUT2D eigenvalue weighted by atomic mass is 9.93. The molecule has 0 radical (unpaired) electrons. The van der Waals surface area contributed by atoms with Crippen molar-refractivity contribution in [3.8, 4) is 0 Å². The molecule has 2 nitrogen and oxygen atoms in total. The van der Waals surface area contributed by atoms with Crippen LogP contribution in [0, 0.1) is 0 Å². The summed E-state index contributed by atoms with van der Waals surface area (Å²) in [5, 5.41) is 0.972. The average molecular weight is 439 g/mol. The number of rotatable bonds is 1. The van der Waals surface area contributed by atoms with Crippen molar-refractivity contribution >= 4 is 49.2 Å². The van der Waals surface area contributed by atoms with Crippen molar-refractivity contribution in [1.29, 1.82) is 0 Å². The van der Waals surface area contributed by atoms with Crippen molar-refractivity contribution in [2.45, 2.75) is 6.92 Å². The van der Waals surface area contributed by atoms with Gasteiger partial charge in [0, 0.05) is 21.0 Å². The summed E-state index contributed by atoms with van der Waals surface area (Å²) >= 11 is 3.48. The Morgan fingerprint density at radius 1 is 0.759 bits per heavy atom. The third-order valence-electron chi connectivity index (χ3n) is 5.90. The Labute approximate surface area is 175 Å². The number of hydrogen-bond acceptors (Lipinski definition) is 2. The van der Waals surface area contributed by atoms with Gasteiger partial charge in [-0.25, -0.2) is 4.79 Å². The molecule has 2 aliphatic carbocycles. The number of hydrogen-bond donors (Lipinski definition) is 0. The van der Waals surface area contributed by atoms with Crippen LogP contribution in [0.2, 0.25) is 0 Å². The van der Waals surface area contributed by atoms with Gasteiger partial charge in [0.15, 0.2) is 0 Å². The van der Waals surface area contributed by atoms with Gasteiger partial charge in [-0.15, -0.1) is 0 Å². The van der Waals surface area contributed by atoms with E-state index in [1.807, 2.05) is 36.4 Å². The first-order chi connectivity index (χ1) is 14.1. The molecule has 0 spiro atoms. The lowest BCUT2D eigenvalue weighted by Gasteiger charge is -2.11. The first-order valence-corrected chi connectivity index (χ1v) is 10.3. The summed E-state index contributed by atoms with van der Waals surface area (Å²) < 4.78 is 6.67. The molecule has 0 unspecified atom stereocenters. The predicted octanol–water partition coefficient (Wildman–Crippen LogP) is 6.77. The van der Waals surface area contributed by atoms with Gasteiger partial charge < -0.3 is 4.42 Å². The Kier molecular flexibility index (Phi) is 3.42. The second kappa shape index (κ2) is 5.91. The molecule has 2 aliphatic rings. The molecule has 0 aliphatic heterocycles. The van der Waals surface area contributed by atoms with E-state index in [0.717, 1.165) is 43.3 Å². The van der Waals surface area contributed by atoms with Crippen LogP contribution in [0.4, 0.5) is 0 Å². The van der Waals surface area contributed by atoms with Crippen LogP contribution in [0.15, 0.2) is 86.5 Å². The van der Waals surface area contributed by atoms with Gasteiger partial charge >= 0.3 is 5.63 Å². The van der Waals surface area contributed by atoms with Crippen LogP contribution in [-0.4, -0.2) is 0 Å². The summed E-state index contributed by atoms with van der Waals surface area (Å²) in [6.07, 6.45) is 0. The minimum Gasteiger partial charge on any atom is -0.422 e. The Balaban J connectivity index is 1.82. The first-order valence-electron chi connectivity index (χ1n) is 9.53. The van der Waals surface area contributed by atoms with E-state index in [0.29, 0.717) is 11.1 Å². The van der Waals surface area contributed by atoms with E-state index in [4.69, 9.17) is 4.42 Å². The van der Waals surface area contributed by atoms with Crippen molar-refractivity contribution in [2.75, 3.05) is 0 Å². The Hall–Kier alpha value is -3.17. The topological polar surface area (TPSA) is 30.2 Å². The van der Waals surface area contributed by atoms with Crippen LogP contribution >= 0.6 is 15.9 Å². The van der Waals surface area contributed by atoms with Gasteiger partial charge in [-0.3, -0.25) is 0 Å². The van der Waals surface area contributed by atoms with Crippen LogP contribution < -0.4 is 5.63 Å². The zero-order chi connectivity index (χ0) is 19.7. The molecule has 6 rings (SSSR count). The molecule has 3 heteroatoms. The molecule has 0 amide bonds. The summed E-state index contributed by atoms with van der Waals surface area (Å²) in [6.45, 7) is 2.12. The van der Waals surface area contributed by atoms with Crippen LogP contribution in [0.25, 0.3) is 33.3 Å². The third-order valence-corrected chi connectivity index (χ3v) is 6.39. The average Bonchev–Trinajstić information content (AvgIpc) is 3.22. The standard InChI is InChI=1S/C26H15BrO2/c1-14-21-17-9-5-6-10-18(17)23(15-7-3-2-4-8-15)24(21)25-22(14)19-12-11-16(27)13-20(19)29-26(25)28/h2-13H,1H3. The zero-order valence-electron chi connectivity index (χ0n) is 15.6. The van der Waals surface area contributed by atoms with Crippen molar-refractivity contribution in [1.82, 2.24) is 0 Å². The molecule has 4 aromatic rings. The molecule has 138 valence electrons. The SMILES string of the molecule is CC1=C2C(=C(c3ccccc3)c3ccccc32)c2c1c1ccc(Br)cc1oc2=O. The zero-order valence-corrected chi connectivity index (χ0v) is 17.2. The summed E-state index contributed by atoms with van der Waals surface area (Å²) in [7, 11) is 0. The minimum absolute atomic E-state index is 0.281. The van der Waals surface area contributed by atoms with Gasteiger partial charge in [-0.05, 0) is 58.5 Å². The number of halogens is 1. The fraction of sp³-hybridized carbons (Fsp3) is 0.0385. The van der Waals surface area contributed by atoms with Crippen LogP contribution in [0.3, 0.4) is 0 Å². The van der Waals surface area contributed by atoms with Gasteiger partial charge in [0.1, 0.15) is 5.58 Å². The van der Waals surface area contributed by atoms with Crippen molar-refractivity contribution < 1.29 is 4.42 Å². The highest BCUT2D eigenvalue weighted by Gasteiger charge is 2.38. The minimum atomic E-state index is -0.281. The van der Waals surface area contributed by atoms with Gasteiger partial charge in [0.25, 0.3) is 0 Å². The molecular weight excluding hydrogens is 424 g/mol. The van der Waals surface area contributed by atoms with Crippen LogP contribution in [0.5, 0.6) is 0 Å². The maximum atomic E-state index is 13.2. The quantitative estimate of drug-likeness (QED) is 0.307. The van der Waals surface area contributed by atoms with E-state index in [1.165, 1.54) is 11.1 Å². The lowest BCUT2D eigenvalue weighted by Crippen LogP contribution is -2.08. The van der Waals surface area contributed by atoms with E-state index < -0.39 is 0 Å². The molecule has 0 N–H and O–H groups in total. The normalized spacial score (nSPS) is 14.4. The van der Waals surface area contributed by atoms with Crippen LogP contribution in [-0.2, 0) is 0 Å². The molecule has 0 atom stereocenters. The number of benzene rings is 3. The molecule has 0 saturated carbocycles. The molecule has 1 aromatic heterocycles. The summed E-state index contributed by atoms with van der Waals surface area (Å²) in [5.74, 6) is 0. The lowest BCUT2D eigenvalue weighted by molar-refractivity contribution is 0.558. The van der Waals surface area contributed by atoms with Gasteiger partial charge in [-0.1, -0.05) is 70.5 Å². The van der Waals surface area contributed by atoms with Crippen molar-refractivity contribution in [3.05, 3.63) is 116 Å². The second-order valence-corrected chi connectivity index (χ2v) is 8.36. The van der Waals surface area contributed by atoms with E-state index >= 15 is 0 Å². The summed E-state index contributed by atoms with van der Waals surface area (Å²) in [5.41, 5.74) is 9.87. The van der Waals surface area contributed by atoms with Gasteiger partial charge in [0.05, 0.1) is 5.56 Å². The van der Waals surface area contributed by atoms with Crippen LogP contribution in [0.1, 0.15) is 34.7 Å². The van der Waals surface area contributed by atoms with E-state index in [-0.39, 0.29) is 5.63 Å². The predicted molar refractivity (Wildman–Crippen MR) is 121 cm³/mol. The van der Waals surface area contributed by atoms with E-state index in [9.17, 15) is 4.79 Å². The fourth-order valence-electron chi connectivity index (χ4n) is 4.77. The highest BCUT2D eigenvalue weighted by molar-refractivity contribution is 9.10. The van der Waals surface area contributed by atoms with Crippen molar-refractivity contribution in [2.24, 2.45) is 0 Å². The molecular formula is C26H15BrO2. The highest BCUT2D eigenvalue weighted by atomic mass is 79.9. The molecule has 1 heterocycles. The highest BCUT2D eigenvalue weighted by Crippen LogP contribution is 2.56. The largest absolute Gasteiger partial charge is 0.422 e. The smallest absolute Gasteiger partial charge is 0.344 e. The third kappa shape index (κ3) is 2.19. The first kappa shape index (κ1) is 16.8. The maximum Gasteiger partial charge on any atom is 0.344 e. The molecule has 3 aromatic carbocycles. The molecule has 0 fully saturated rings. The second-order valence-electron chi connectivity index (χ2n) is 7.44. The number of fused-ring (bicyclic) bond motifs is 7. The summed E-state index contributed by atoms with van der Waals surface area (Å²) in [4.78, 5) is 13.2. The fourth-order valence-corrected chi connectivity index (χ4v) is 5.11. The molecule has 29 heavy (non-hydrogen) atoms. The van der Waals surface area contributed by atoms with E-state index in [2.05, 4.69) is 59.3 Å². The Morgan fingerprint density at radius 3 is 2.21 bits per heavy atom. The summed E-state index contributed by atoms with van der Waals surface area (Å²) in [6, 6.07) is 24.6. The number of allylic oxidation sites excluding steroid dienone is 3. The van der Waals surface area contributed by atoms with Gasteiger partial charge in [-0.2, -0.15) is 0 Å². The molecule has 0 saturated heterocycles.